The summed E-state index contributed by atoms with van der Waals surface area (Å²) in [7, 11) is -2.66. The van der Waals surface area contributed by atoms with Crippen LogP contribution in [0.25, 0.3) is 0 Å². The molecule has 7 nitrogen and oxygen atoms in total. The van der Waals surface area contributed by atoms with Crippen LogP contribution in [0.2, 0.25) is 0 Å². The Morgan fingerprint density at radius 1 is 0.708 bits per heavy atom. The molecule has 6 rings (SSSR count). The lowest BCUT2D eigenvalue weighted by Crippen LogP contribution is -2.54. The minimum absolute atomic E-state index is 0.0438. The standard InChI is InChI=1S/C40H40O7S/c1-30-23-25-35(26-24-30)48(41,42)47-39-36(44-28-31-15-7-3-8-16-31)27-38(43-2)46-37(39)29-45-40(32-17-9-4-10-18-32,33-19-11-5-12-20-33)34-21-13-6-14-22-34/h3-26,36-39H,27-29H2,1-2H3/t36-,37+,38-,39-/m0/s1. The lowest BCUT2D eigenvalue weighted by molar-refractivity contribution is -0.259. The fourth-order valence-electron chi connectivity index (χ4n) is 6.12. The lowest BCUT2D eigenvalue weighted by atomic mass is 9.80. The molecular weight excluding hydrogens is 625 g/mol. The molecule has 1 aliphatic rings. The summed E-state index contributed by atoms with van der Waals surface area (Å²) in [4.78, 5) is 0.0515. The van der Waals surface area contributed by atoms with Crippen LogP contribution in [0.3, 0.4) is 0 Å². The number of methoxy groups -OCH3 is 1. The first-order chi connectivity index (χ1) is 23.4. The SMILES string of the molecule is CO[C@@H]1C[C@H](OCc2ccccc2)[C@H](OS(=O)(=O)c2ccc(C)cc2)[C@@H](COC(c2ccccc2)(c2ccccc2)c2ccccc2)O1. The Bertz CT molecular complexity index is 1720. The first-order valence-corrected chi connectivity index (χ1v) is 17.4. The van der Waals surface area contributed by atoms with E-state index in [9.17, 15) is 8.42 Å². The fourth-order valence-corrected chi connectivity index (χ4v) is 7.24. The maximum absolute atomic E-state index is 13.8. The average Bonchev–Trinajstić information content (AvgIpc) is 3.13. The summed E-state index contributed by atoms with van der Waals surface area (Å²) < 4.78 is 59.3. The number of benzene rings is 5. The molecule has 8 heteroatoms. The van der Waals surface area contributed by atoms with Crippen molar-refractivity contribution in [2.45, 2.75) is 55.0 Å². The van der Waals surface area contributed by atoms with Gasteiger partial charge in [-0.2, -0.15) is 8.42 Å². The molecule has 0 bridgehead atoms. The molecule has 1 aliphatic heterocycles. The van der Waals surface area contributed by atoms with Crippen molar-refractivity contribution in [1.29, 1.82) is 0 Å². The van der Waals surface area contributed by atoms with Gasteiger partial charge in [0.15, 0.2) is 6.29 Å². The van der Waals surface area contributed by atoms with Gasteiger partial charge in [0.1, 0.15) is 17.8 Å². The van der Waals surface area contributed by atoms with E-state index >= 15 is 0 Å². The second kappa shape index (κ2) is 15.4. The lowest BCUT2D eigenvalue weighted by Gasteiger charge is -2.42. The maximum atomic E-state index is 13.8. The zero-order chi connectivity index (χ0) is 33.4. The van der Waals surface area contributed by atoms with Crippen LogP contribution >= 0.6 is 0 Å². The number of ether oxygens (including phenoxy) is 4. The van der Waals surface area contributed by atoms with Gasteiger partial charge in [-0.05, 0) is 41.3 Å². The minimum atomic E-state index is -4.22. The van der Waals surface area contributed by atoms with Crippen molar-refractivity contribution >= 4 is 10.1 Å². The van der Waals surface area contributed by atoms with Crippen LogP contribution in [-0.4, -0.2) is 46.7 Å². The first-order valence-electron chi connectivity index (χ1n) is 16.0. The number of hydrogen-bond donors (Lipinski definition) is 0. The van der Waals surface area contributed by atoms with Gasteiger partial charge in [0, 0.05) is 13.5 Å². The van der Waals surface area contributed by atoms with Crippen LogP contribution in [-0.2, 0) is 45.5 Å². The Hall–Kier alpha value is -4.15. The van der Waals surface area contributed by atoms with Gasteiger partial charge in [-0.3, -0.25) is 4.18 Å². The Balaban J connectivity index is 1.40. The normalized spacial score (nSPS) is 20.0. The van der Waals surface area contributed by atoms with Crippen LogP contribution in [0.1, 0.15) is 34.2 Å². The average molecular weight is 665 g/mol. The molecule has 0 spiro atoms. The van der Waals surface area contributed by atoms with Crippen molar-refractivity contribution in [2.24, 2.45) is 0 Å². The highest BCUT2D eigenvalue weighted by molar-refractivity contribution is 7.86. The predicted octanol–water partition coefficient (Wildman–Crippen LogP) is 7.42. The smallest absolute Gasteiger partial charge is 0.297 e. The number of rotatable bonds is 13. The van der Waals surface area contributed by atoms with E-state index < -0.39 is 40.3 Å². The third-order valence-corrected chi connectivity index (χ3v) is 9.93. The van der Waals surface area contributed by atoms with Gasteiger partial charge in [0.2, 0.25) is 0 Å². The molecule has 0 saturated carbocycles. The summed E-state index contributed by atoms with van der Waals surface area (Å²) in [5, 5.41) is 0. The van der Waals surface area contributed by atoms with E-state index in [1.165, 1.54) is 0 Å². The summed E-state index contributed by atoms with van der Waals surface area (Å²) in [6, 6.07) is 46.2. The molecule has 1 fully saturated rings. The van der Waals surface area contributed by atoms with Crippen molar-refractivity contribution in [2.75, 3.05) is 13.7 Å². The highest BCUT2D eigenvalue weighted by Crippen LogP contribution is 2.41. The monoisotopic (exact) mass is 664 g/mol. The minimum Gasteiger partial charge on any atom is -0.370 e. The van der Waals surface area contributed by atoms with Gasteiger partial charge in [-0.15, -0.1) is 0 Å². The van der Waals surface area contributed by atoms with E-state index in [2.05, 4.69) is 0 Å². The van der Waals surface area contributed by atoms with Crippen molar-refractivity contribution < 1.29 is 31.5 Å². The molecular formula is C40H40O7S. The molecule has 0 amide bonds. The van der Waals surface area contributed by atoms with E-state index in [-0.39, 0.29) is 24.5 Å². The Labute approximate surface area is 283 Å². The Morgan fingerprint density at radius 3 is 1.71 bits per heavy atom. The van der Waals surface area contributed by atoms with Crippen LogP contribution < -0.4 is 0 Å². The van der Waals surface area contributed by atoms with Gasteiger partial charge in [0.25, 0.3) is 10.1 Å². The molecule has 5 aromatic carbocycles. The van der Waals surface area contributed by atoms with Gasteiger partial charge in [-0.25, -0.2) is 0 Å². The molecule has 5 aromatic rings. The van der Waals surface area contributed by atoms with Crippen molar-refractivity contribution in [3.63, 3.8) is 0 Å². The van der Waals surface area contributed by atoms with E-state index in [4.69, 9.17) is 23.1 Å². The van der Waals surface area contributed by atoms with Gasteiger partial charge < -0.3 is 18.9 Å². The summed E-state index contributed by atoms with van der Waals surface area (Å²) >= 11 is 0. The first kappa shape index (κ1) is 33.7. The zero-order valence-electron chi connectivity index (χ0n) is 27.1. The van der Waals surface area contributed by atoms with Gasteiger partial charge in [0.05, 0.1) is 24.2 Å². The summed E-state index contributed by atoms with van der Waals surface area (Å²) in [5.41, 5.74) is 3.54. The highest BCUT2D eigenvalue weighted by Gasteiger charge is 2.46. The number of hydrogen-bond acceptors (Lipinski definition) is 7. The Kier molecular flexibility index (Phi) is 10.8. The largest absolute Gasteiger partial charge is 0.370 e. The topological polar surface area (TPSA) is 80.3 Å². The molecule has 0 N–H and O–H groups in total. The molecule has 0 aliphatic carbocycles. The van der Waals surface area contributed by atoms with Gasteiger partial charge >= 0.3 is 0 Å². The fraction of sp³-hybridized carbons (Fsp3) is 0.250. The molecule has 1 heterocycles. The van der Waals surface area contributed by atoms with Crippen LogP contribution in [0.15, 0.2) is 150 Å². The van der Waals surface area contributed by atoms with Crippen molar-refractivity contribution in [3.05, 3.63) is 173 Å². The summed E-state index contributed by atoms with van der Waals surface area (Å²) in [6.45, 7) is 2.11. The molecule has 0 unspecified atom stereocenters. The molecule has 248 valence electrons. The maximum Gasteiger partial charge on any atom is 0.297 e. The Morgan fingerprint density at radius 2 is 1.21 bits per heavy atom. The molecule has 4 atom stereocenters. The van der Waals surface area contributed by atoms with Crippen molar-refractivity contribution in [1.82, 2.24) is 0 Å². The molecule has 48 heavy (non-hydrogen) atoms. The third-order valence-electron chi connectivity index (χ3n) is 8.61. The van der Waals surface area contributed by atoms with Crippen LogP contribution in [0.5, 0.6) is 0 Å². The van der Waals surface area contributed by atoms with E-state index in [1.54, 1.807) is 31.4 Å². The second-order valence-electron chi connectivity index (χ2n) is 11.8. The third kappa shape index (κ3) is 7.60. The van der Waals surface area contributed by atoms with E-state index in [1.807, 2.05) is 128 Å². The molecule has 0 radical (unpaired) electrons. The van der Waals surface area contributed by atoms with E-state index in [0.29, 0.717) is 0 Å². The van der Waals surface area contributed by atoms with Crippen LogP contribution in [0.4, 0.5) is 0 Å². The zero-order valence-corrected chi connectivity index (χ0v) is 27.9. The van der Waals surface area contributed by atoms with Crippen LogP contribution in [0, 0.1) is 6.92 Å². The van der Waals surface area contributed by atoms with E-state index in [0.717, 1.165) is 27.8 Å². The summed E-state index contributed by atoms with van der Waals surface area (Å²) in [5.74, 6) is 0. The predicted molar refractivity (Wildman–Crippen MR) is 184 cm³/mol. The quantitative estimate of drug-likeness (QED) is 0.0957. The number of aryl methyl sites for hydroxylation is 1. The molecule has 0 aromatic heterocycles. The van der Waals surface area contributed by atoms with Crippen molar-refractivity contribution in [3.8, 4) is 0 Å². The molecule has 1 saturated heterocycles. The van der Waals surface area contributed by atoms with Gasteiger partial charge in [-0.1, -0.05) is 139 Å². The second-order valence-corrected chi connectivity index (χ2v) is 13.4. The summed E-state index contributed by atoms with van der Waals surface area (Å²) in [6.07, 6.45) is -3.06. The highest BCUT2D eigenvalue weighted by atomic mass is 32.2.